The third-order valence-electron chi connectivity index (χ3n) is 5.22. The summed E-state index contributed by atoms with van der Waals surface area (Å²) < 4.78 is 26.6. The molecule has 2 heterocycles. The van der Waals surface area contributed by atoms with E-state index in [2.05, 4.69) is 10.4 Å². The first-order valence-electron chi connectivity index (χ1n) is 9.58. The van der Waals surface area contributed by atoms with Crippen LogP contribution in [0.1, 0.15) is 57.5 Å². The molecule has 0 radical (unpaired) electrons. The van der Waals surface area contributed by atoms with Gasteiger partial charge in [0.25, 0.3) is 11.8 Å². The number of alkyl halides is 2. The molecule has 1 saturated heterocycles. The summed E-state index contributed by atoms with van der Waals surface area (Å²) in [6, 6.07) is 6.91. The number of amides is 3. The molecule has 10 heteroatoms. The number of carbonyl (C=O) groups excluding carboxylic acids is 3. The first-order chi connectivity index (χ1) is 14.3. The van der Waals surface area contributed by atoms with Crippen LogP contribution >= 0.6 is 0 Å². The standard InChI is InChI=1S/C20H23F2N5O3/c1-12-6-8-26(19(30)16-5-7-25-27(16)20(21)22)15(9-12)11-24-18(29)14-4-2-3-13(10-14)17(23)28/h2-5,7,10,12,15,20H,6,8-9,11H2,1H3,(H2,23,28)(H,24,29)/t12-,15+/m1/s1. The molecule has 1 aromatic carbocycles. The van der Waals surface area contributed by atoms with Crippen molar-refractivity contribution in [2.45, 2.75) is 32.4 Å². The number of nitrogens with two attached hydrogens (primary N) is 1. The average Bonchev–Trinajstić information content (AvgIpc) is 3.22. The van der Waals surface area contributed by atoms with Crippen molar-refractivity contribution in [2.75, 3.05) is 13.1 Å². The molecule has 8 nitrogen and oxygen atoms in total. The number of nitrogens with zero attached hydrogens (tertiary/aromatic N) is 3. The molecule has 1 aromatic heterocycles. The Kier molecular flexibility index (Phi) is 6.43. The Labute approximate surface area is 172 Å². The SMILES string of the molecule is C[C@@H]1CCN(C(=O)c2ccnn2C(F)F)[C@H](CNC(=O)c2cccc(C(N)=O)c2)C1. The van der Waals surface area contributed by atoms with Crippen LogP contribution in [0.4, 0.5) is 8.78 Å². The van der Waals surface area contributed by atoms with Gasteiger partial charge in [0, 0.05) is 36.5 Å². The van der Waals surface area contributed by atoms with Gasteiger partial charge in [-0.3, -0.25) is 14.4 Å². The van der Waals surface area contributed by atoms with Crippen LogP contribution in [0.2, 0.25) is 0 Å². The predicted octanol–water partition coefficient (Wildman–Crippen LogP) is 2.05. The van der Waals surface area contributed by atoms with E-state index in [1.54, 1.807) is 12.1 Å². The molecule has 0 aliphatic carbocycles. The molecule has 1 aliphatic rings. The summed E-state index contributed by atoms with van der Waals surface area (Å²) in [5, 5.41) is 6.29. The zero-order chi connectivity index (χ0) is 21.8. The lowest BCUT2D eigenvalue weighted by Gasteiger charge is -2.38. The topological polar surface area (TPSA) is 110 Å². The highest BCUT2D eigenvalue weighted by atomic mass is 19.3. The van der Waals surface area contributed by atoms with Crippen molar-refractivity contribution in [1.82, 2.24) is 20.0 Å². The lowest BCUT2D eigenvalue weighted by molar-refractivity contribution is 0.0387. The quantitative estimate of drug-likeness (QED) is 0.747. The number of benzene rings is 1. The lowest BCUT2D eigenvalue weighted by atomic mass is 9.92. The summed E-state index contributed by atoms with van der Waals surface area (Å²) in [7, 11) is 0. The minimum Gasteiger partial charge on any atom is -0.366 e. The van der Waals surface area contributed by atoms with Crippen LogP contribution < -0.4 is 11.1 Å². The fourth-order valence-electron chi connectivity index (χ4n) is 3.63. The maximum atomic E-state index is 13.1. The zero-order valence-electron chi connectivity index (χ0n) is 16.4. The van der Waals surface area contributed by atoms with Crippen molar-refractivity contribution >= 4 is 17.7 Å². The smallest absolute Gasteiger partial charge is 0.333 e. The Bertz CT molecular complexity index is 946. The van der Waals surface area contributed by atoms with Crippen LogP contribution in [-0.4, -0.2) is 51.5 Å². The number of hydrogen-bond acceptors (Lipinski definition) is 4. The minimum absolute atomic E-state index is 0.151. The van der Waals surface area contributed by atoms with E-state index in [0.29, 0.717) is 23.6 Å². The summed E-state index contributed by atoms with van der Waals surface area (Å²) in [6.07, 6.45) is 2.52. The van der Waals surface area contributed by atoms with Gasteiger partial charge in [0.15, 0.2) is 0 Å². The van der Waals surface area contributed by atoms with E-state index in [-0.39, 0.29) is 29.4 Å². The van der Waals surface area contributed by atoms with Gasteiger partial charge in [0.05, 0.1) is 0 Å². The highest BCUT2D eigenvalue weighted by Crippen LogP contribution is 2.25. The molecular weight excluding hydrogens is 396 g/mol. The number of nitrogens with one attached hydrogen (secondary N) is 1. The summed E-state index contributed by atoms with van der Waals surface area (Å²) >= 11 is 0. The van der Waals surface area contributed by atoms with Crippen LogP contribution in [0.25, 0.3) is 0 Å². The summed E-state index contributed by atoms with van der Waals surface area (Å²) in [5.74, 6) is -1.29. The van der Waals surface area contributed by atoms with Gasteiger partial charge in [0.2, 0.25) is 5.91 Å². The Morgan fingerprint density at radius 2 is 2.00 bits per heavy atom. The molecular formula is C20H23F2N5O3. The van der Waals surface area contributed by atoms with Crippen LogP contribution in [0.3, 0.4) is 0 Å². The number of hydrogen-bond donors (Lipinski definition) is 2. The second-order valence-electron chi connectivity index (χ2n) is 7.38. The van der Waals surface area contributed by atoms with Gasteiger partial charge in [-0.2, -0.15) is 18.6 Å². The van der Waals surface area contributed by atoms with Crippen LogP contribution in [-0.2, 0) is 0 Å². The van der Waals surface area contributed by atoms with E-state index in [0.717, 1.165) is 12.6 Å². The Morgan fingerprint density at radius 1 is 1.27 bits per heavy atom. The van der Waals surface area contributed by atoms with Crippen molar-refractivity contribution in [3.05, 3.63) is 53.3 Å². The predicted molar refractivity (Wildman–Crippen MR) is 104 cm³/mol. The lowest BCUT2D eigenvalue weighted by Crippen LogP contribution is -2.51. The third-order valence-corrected chi connectivity index (χ3v) is 5.22. The van der Waals surface area contributed by atoms with E-state index in [9.17, 15) is 23.2 Å². The number of carbonyl (C=O) groups is 3. The molecule has 3 rings (SSSR count). The van der Waals surface area contributed by atoms with Crippen molar-refractivity contribution in [2.24, 2.45) is 11.7 Å². The van der Waals surface area contributed by atoms with E-state index >= 15 is 0 Å². The first kappa shape index (κ1) is 21.4. The van der Waals surface area contributed by atoms with Crippen molar-refractivity contribution in [3.8, 4) is 0 Å². The number of aromatic nitrogens is 2. The normalized spacial score (nSPS) is 19.0. The summed E-state index contributed by atoms with van der Waals surface area (Å²) in [5.41, 5.74) is 5.54. The number of piperidine rings is 1. The molecule has 3 N–H and O–H groups in total. The molecule has 30 heavy (non-hydrogen) atoms. The van der Waals surface area contributed by atoms with Gasteiger partial charge in [-0.15, -0.1) is 0 Å². The van der Waals surface area contributed by atoms with Gasteiger partial charge in [-0.25, -0.2) is 0 Å². The monoisotopic (exact) mass is 419 g/mol. The fraction of sp³-hybridized carbons (Fsp3) is 0.400. The Morgan fingerprint density at radius 3 is 2.70 bits per heavy atom. The molecule has 1 fully saturated rings. The van der Waals surface area contributed by atoms with Gasteiger partial charge in [0.1, 0.15) is 5.69 Å². The van der Waals surface area contributed by atoms with E-state index in [4.69, 9.17) is 5.73 Å². The molecule has 0 unspecified atom stereocenters. The van der Waals surface area contributed by atoms with Gasteiger partial charge in [-0.1, -0.05) is 13.0 Å². The Hall–Kier alpha value is -3.30. The number of halogens is 2. The molecule has 160 valence electrons. The van der Waals surface area contributed by atoms with Crippen molar-refractivity contribution in [1.29, 1.82) is 0 Å². The summed E-state index contributed by atoms with van der Waals surface area (Å²) in [4.78, 5) is 38.2. The van der Waals surface area contributed by atoms with Gasteiger partial charge >= 0.3 is 6.55 Å². The fourth-order valence-corrected chi connectivity index (χ4v) is 3.63. The van der Waals surface area contributed by atoms with Crippen LogP contribution in [0.5, 0.6) is 0 Å². The Balaban J connectivity index is 1.73. The maximum Gasteiger partial charge on any atom is 0.333 e. The molecule has 2 aromatic rings. The number of rotatable bonds is 6. The first-order valence-corrected chi connectivity index (χ1v) is 9.58. The summed E-state index contributed by atoms with van der Waals surface area (Å²) in [6.45, 7) is -0.334. The van der Waals surface area contributed by atoms with Crippen molar-refractivity contribution in [3.63, 3.8) is 0 Å². The molecule has 0 spiro atoms. The van der Waals surface area contributed by atoms with Crippen LogP contribution in [0, 0.1) is 5.92 Å². The number of likely N-dealkylation sites (tertiary alicyclic amines) is 1. The van der Waals surface area contributed by atoms with Gasteiger partial charge in [-0.05, 0) is 43.0 Å². The second kappa shape index (κ2) is 9.02. The average molecular weight is 419 g/mol. The second-order valence-corrected chi connectivity index (χ2v) is 7.38. The molecule has 2 atom stereocenters. The van der Waals surface area contributed by atoms with Crippen molar-refractivity contribution < 1.29 is 23.2 Å². The van der Waals surface area contributed by atoms with Gasteiger partial charge < -0.3 is 16.0 Å². The number of primary amides is 1. The molecule has 1 aliphatic heterocycles. The van der Waals surface area contributed by atoms with E-state index in [1.807, 2.05) is 6.92 Å². The molecule has 0 bridgehead atoms. The minimum atomic E-state index is -2.92. The highest BCUT2D eigenvalue weighted by molar-refractivity contribution is 5.99. The van der Waals surface area contributed by atoms with E-state index in [1.165, 1.54) is 23.1 Å². The highest BCUT2D eigenvalue weighted by Gasteiger charge is 2.33. The zero-order valence-corrected chi connectivity index (χ0v) is 16.4. The maximum absolute atomic E-state index is 13.1. The van der Waals surface area contributed by atoms with E-state index < -0.39 is 24.3 Å². The molecule has 3 amide bonds. The molecule has 0 saturated carbocycles. The van der Waals surface area contributed by atoms with Crippen LogP contribution in [0.15, 0.2) is 36.5 Å². The largest absolute Gasteiger partial charge is 0.366 e. The third kappa shape index (κ3) is 4.64.